The number of unbranched alkanes of at least 4 members (excludes halogenated alkanes) is 3. The van der Waals surface area contributed by atoms with E-state index in [9.17, 15) is 4.79 Å². The highest BCUT2D eigenvalue weighted by atomic mass is 16.5. The molecule has 0 bridgehead atoms. The van der Waals surface area contributed by atoms with E-state index in [2.05, 4.69) is 32.9 Å². The number of hydrogen-bond donors (Lipinski definition) is 2. The summed E-state index contributed by atoms with van der Waals surface area (Å²) >= 11 is 0. The molecule has 1 aromatic heterocycles. The molecule has 0 aliphatic heterocycles. The molecule has 7 heteroatoms. The Labute approximate surface area is 131 Å². The number of amides is 1. The number of aromatic nitrogens is 4. The van der Waals surface area contributed by atoms with Crippen molar-refractivity contribution in [2.75, 3.05) is 13.2 Å². The van der Waals surface area contributed by atoms with Gasteiger partial charge in [0.05, 0.1) is 0 Å². The molecule has 1 heterocycles. The van der Waals surface area contributed by atoms with Crippen LogP contribution in [0.25, 0.3) is 0 Å². The van der Waals surface area contributed by atoms with Crippen molar-refractivity contribution < 1.29 is 9.53 Å². The smallest absolute Gasteiger partial charge is 0.246 e. The Morgan fingerprint density at radius 2 is 2.09 bits per heavy atom. The van der Waals surface area contributed by atoms with E-state index in [1.807, 2.05) is 0 Å². The molecule has 22 heavy (non-hydrogen) atoms. The SMILES string of the molecule is CCCCCCOCC(=O)NC1CCC(c2nn[nH]n2)CC1. The number of nitrogens with one attached hydrogen (secondary N) is 2. The normalized spacial score (nSPS) is 21.7. The van der Waals surface area contributed by atoms with Gasteiger partial charge in [0.2, 0.25) is 5.91 Å². The molecule has 2 rings (SSSR count). The summed E-state index contributed by atoms with van der Waals surface area (Å²) in [6.07, 6.45) is 8.56. The van der Waals surface area contributed by atoms with E-state index >= 15 is 0 Å². The van der Waals surface area contributed by atoms with Crippen molar-refractivity contribution >= 4 is 5.91 Å². The van der Waals surface area contributed by atoms with Crippen LogP contribution in [-0.2, 0) is 9.53 Å². The number of carbonyl (C=O) groups excluding carboxylic acids is 1. The first kappa shape index (κ1) is 16.9. The number of tetrazole rings is 1. The zero-order valence-electron chi connectivity index (χ0n) is 13.4. The van der Waals surface area contributed by atoms with Gasteiger partial charge in [-0.2, -0.15) is 5.21 Å². The first-order chi connectivity index (χ1) is 10.8. The summed E-state index contributed by atoms with van der Waals surface area (Å²) in [6.45, 7) is 3.04. The number of hydrogen-bond acceptors (Lipinski definition) is 5. The van der Waals surface area contributed by atoms with Crippen molar-refractivity contribution in [2.24, 2.45) is 0 Å². The van der Waals surface area contributed by atoms with Gasteiger partial charge in [0.1, 0.15) is 6.61 Å². The lowest BCUT2D eigenvalue weighted by Gasteiger charge is -2.27. The van der Waals surface area contributed by atoms with E-state index < -0.39 is 0 Å². The van der Waals surface area contributed by atoms with Crippen molar-refractivity contribution in [2.45, 2.75) is 70.3 Å². The summed E-state index contributed by atoms with van der Waals surface area (Å²) in [4.78, 5) is 11.8. The van der Waals surface area contributed by atoms with Gasteiger partial charge in [0.25, 0.3) is 0 Å². The maximum Gasteiger partial charge on any atom is 0.246 e. The van der Waals surface area contributed by atoms with Crippen LogP contribution in [0.5, 0.6) is 0 Å². The molecule has 0 spiro atoms. The van der Waals surface area contributed by atoms with Crippen molar-refractivity contribution in [3.8, 4) is 0 Å². The van der Waals surface area contributed by atoms with Crippen LogP contribution < -0.4 is 5.32 Å². The van der Waals surface area contributed by atoms with Crippen LogP contribution in [-0.4, -0.2) is 45.8 Å². The average molecular weight is 309 g/mol. The molecule has 0 radical (unpaired) electrons. The number of H-pyrrole nitrogens is 1. The minimum Gasteiger partial charge on any atom is -0.372 e. The van der Waals surface area contributed by atoms with Crippen LogP contribution in [0, 0.1) is 0 Å². The third-order valence-corrected chi connectivity index (χ3v) is 4.19. The second kappa shape index (κ2) is 9.50. The van der Waals surface area contributed by atoms with E-state index in [0.29, 0.717) is 12.5 Å². The summed E-state index contributed by atoms with van der Waals surface area (Å²) in [5, 5.41) is 17.2. The molecule has 1 aliphatic carbocycles. The van der Waals surface area contributed by atoms with Crippen molar-refractivity contribution in [3.05, 3.63) is 5.82 Å². The minimum atomic E-state index is -0.00139. The fourth-order valence-electron chi connectivity index (χ4n) is 2.90. The molecule has 1 saturated carbocycles. The number of ether oxygens (including phenoxy) is 1. The predicted octanol–water partition coefficient (Wildman–Crippen LogP) is 1.94. The quantitative estimate of drug-likeness (QED) is 0.680. The lowest BCUT2D eigenvalue weighted by molar-refractivity contribution is -0.126. The van der Waals surface area contributed by atoms with Crippen molar-refractivity contribution in [3.63, 3.8) is 0 Å². The van der Waals surface area contributed by atoms with Gasteiger partial charge in [-0.25, -0.2) is 0 Å². The van der Waals surface area contributed by atoms with Crippen LogP contribution in [0.15, 0.2) is 0 Å². The largest absolute Gasteiger partial charge is 0.372 e. The van der Waals surface area contributed by atoms with Gasteiger partial charge in [0, 0.05) is 18.6 Å². The summed E-state index contributed by atoms with van der Waals surface area (Å²) < 4.78 is 5.42. The van der Waals surface area contributed by atoms with E-state index in [0.717, 1.165) is 37.9 Å². The molecule has 0 saturated heterocycles. The highest BCUT2D eigenvalue weighted by Gasteiger charge is 2.25. The lowest BCUT2D eigenvalue weighted by Crippen LogP contribution is -2.39. The number of nitrogens with zero attached hydrogens (tertiary/aromatic N) is 3. The van der Waals surface area contributed by atoms with Crippen LogP contribution in [0.4, 0.5) is 0 Å². The zero-order valence-corrected chi connectivity index (χ0v) is 13.4. The first-order valence-corrected chi connectivity index (χ1v) is 8.40. The monoisotopic (exact) mass is 309 g/mol. The highest BCUT2D eigenvalue weighted by Crippen LogP contribution is 2.30. The molecule has 0 aromatic carbocycles. The maximum absolute atomic E-state index is 11.8. The maximum atomic E-state index is 11.8. The molecule has 1 fully saturated rings. The van der Waals surface area contributed by atoms with E-state index in [1.165, 1.54) is 19.3 Å². The van der Waals surface area contributed by atoms with Crippen molar-refractivity contribution in [1.29, 1.82) is 0 Å². The lowest BCUT2D eigenvalue weighted by atomic mass is 9.85. The molecule has 0 unspecified atom stereocenters. The van der Waals surface area contributed by atoms with Crippen molar-refractivity contribution in [1.82, 2.24) is 25.9 Å². The van der Waals surface area contributed by atoms with Gasteiger partial charge in [-0.3, -0.25) is 4.79 Å². The first-order valence-electron chi connectivity index (χ1n) is 8.40. The van der Waals surface area contributed by atoms with Gasteiger partial charge >= 0.3 is 0 Å². The average Bonchev–Trinajstić information content (AvgIpc) is 3.06. The minimum absolute atomic E-state index is 0.00139. The molecule has 124 valence electrons. The summed E-state index contributed by atoms with van der Waals surface area (Å²) in [7, 11) is 0. The Morgan fingerprint density at radius 1 is 1.27 bits per heavy atom. The Hall–Kier alpha value is -1.50. The highest BCUT2D eigenvalue weighted by molar-refractivity contribution is 5.77. The number of carbonyl (C=O) groups is 1. The van der Waals surface area contributed by atoms with Crippen LogP contribution in [0.2, 0.25) is 0 Å². The van der Waals surface area contributed by atoms with E-state index in [4.69, 9.17) is 4.74 Å². The molecule has 0 atom stereocenters. The van der Waals surface area contributed by atoms with E-state index in [-0.39, 0.29) is 18.6 Å². The topological polar surface area (TPSA) is 92.8 Å². The fraction of sp³-hybridized carbons (Fsp3) is 0.867. The molecule has 1 amide bonds. The van der Waals surface area contributed by atoms with Gasteiger partial charge in [0.15, 0.2) is 5.82 Å². The Bertz CT molecular complexity index is 416. The number of rotatable bonds is 9. The summed E-state index contributed by atoms with van der Waals surface area (Å²) in [5.74, 6) is 1.15. The molecule has 1 aliphatic rings. The van der Waals surface area contributed by atoms with Gasteiger partial charge in [-0.05, 0) is 32.1 Å². The standard InChI is InChI=1S/C15H27N5O2/c1-2-3-4-5-10-22-11-14(21)16-13-8-6-12(7-9-13)15-17-19-20-18-15/h12-13H,2-11H2,1H3,(H,16,21)(H,17,18,19,20). The summed E-state index contributed by atoms with van der Waals surface area (Å²) in [6, 6.07) is 0.249. The van der Waals surface area contributed by atoms with Crippen LogP contribution in [0.3, 0.4) is 0 Å². The second-order valence-corrected chi connectivity index (χ2v) is 6.00. The number of aromatic amines is 1. The molecule has 1 aromatic rings. The van der Waals surface area contributed by atoms with Gasteiger partial charge in [-0.15, -0.1) is 10.2 Å². The molecular weight excluding hydrogens is 282 g/mol. The Balaban J connectivity index is 1.55. The van der Waals surface area contributed by atoms with Crippen LogP contribution >= 0.6 is 0 Å². The third-order valence-electron chi connectivity index (χ3n) is 4.19. The van der Waals surface area contributed by atoms with E-state index in [1.54, 1.807) is 0 Å². The van der Waals surface area contributed by atoms with Crippen LogP contribution in [0.1, 0.15) is 70.0 Å². The molecule has 7 nitrogen and oxygen atoms in total. The zero-order chi connectivity index (χ0) is 15.6. The fourth-order valence-corrected chi connectivity index (χ4v) is 2.90. The second-order valence-electron chi connectivity index (χ2n) is 6.00. The van der Waals surface area contributed by atoms with Gasteiger partial charge in [-0.1, -0.05) is 31.4 Å². The predicted molar refractivity (Wildman–Crippen MR) is 82.3 cm³/mol. The molecule has 2 N–H and O–H groups in total. The molecular formula is C15H27N5O2. The third kappa shape index (κ3) is 5.71. The van der Waals surface area contributed by atoms with Gasteiger partial charge < -0.3 is 10.1 Å². The Morgan fingerprint density at radius 3 is 2.77 bits per heavy atom. The Kier molecular flexibility index (Phi) is 7.28. The summed E-state index contributed by atoms with van der Waals surface area (Å²) in [5.41, 5.74) is 0.